The van der Waals surface area contributed by atoms with E-state index >= 15 is 0 Å². The normalized spacial score (nSPS) is 16.5. The predicted molar refractivity (Wildman–Crippen MR) is 92.8 cm³/mol. The first kappa shape index (κ1) is 17.1. The van der Waals surface area contributed by atoms with Crippen LogP contribution in [0.5, 0.6) is 0 Å². The third-order valence-electron chi connectivity index (χ3n) is 3.95. The number of hydrogen-bond acceptors (Lipinski definition) is 6. The Morgan fingerprint density at radius 2 is 2.12 bits per heavy atom. The van der Waals surface area contributed by atoms with Crippen LogP contribution in [-0.4, -0.2) is 64.1 Å². The first-order valence-electron chi connectivity index (χ1n) is 8.11. The molecule has 1 fully saturated rings. The quantitative estimate of drug-likeness (QED) is 0.892. The highest BCUT2D eigenvalue weighted by molar-refractivity contribution is 7.13. The molecule has 0 bridgehead atoms. The van der Waals surface area contributed by atoms with Gasteiger partial charge < -0.3 is 14.4 Å². The summed E-state index contributed by atoms with van der Waals surface area (Å²) in [5.74, 6) is 0.645. The van der Waals surface area contributed by atoms with E-state index in [0.29, 0.717) is 31.2 Å². The lowest BCUT2D eigenvalue weighted by Crippen LogP contribution is -2.52. The number of rotatable bonds is 5. The number of thiophene rings is 1. The average Bonchev–Trinajstić information content (AvgIpc) is 3.16. The molecular weight excluding hydrogens is 326 g/mol. The fourth-order valence-corrected chi connectivity index (χ4v) is 3.53. The number of carbonyl (C=O) groups is 1. The minimum Gasteiger partial charge on any atom is -0.444 e. The second-order valence-corrected chi connectivity index (χ2v) is 7.72. The Bertz CT molecular complexity index is 668. The number of oxazole rings is 1. The number of amides is 1. The van der Waals surface area contributed by atoms with E-state index in [0.717, 1.165) is 18.0 Å². The molecule has 0 atom stereocenters. The Hall–Kier alpha value is -1.70. The number of hydrogen-bond donors (Lipinski definition) is 1. The Morgan fingerprint density at radius 1 is 1.38 bits per heavy atom. The molecule has 1 amide bonds. The van der Waals surface area contributed by atoms with Gasteiger partial charge in [0.2, 0.25) is 11.8 Å². The first-order valence-corrected chi connectivity index (χ1v) is 8.99. The maximum atomic E-state index is 12.4. The van der Waals surface area contributed by atoms with E-state index in [1.807, 2.05) is 22.4 Å². The summed E-state index contributed by atoms with van der Waals surface area (Å²) < 4.78 is 5.46. The molecule has 0 spiro atoms. The van der Waals surface area contributed by atoms with Crippen molar-refractivity contribution in [3.05, 3.63) is 29.5 Å². The summed E-state index contributed by atoms with van der Waals surface area (Å²) in [7, 11) is 0. The van der Waals surface area contributed by atoms with Gasteiger partial charge in [0, 0.05) is 32.7 Å². The van der Waals surface area contributed by atoms with Crippen molar-refractivity contribution < 1.29 is 14.3 Å². The van der Waals surface area contributed by atoms with Gasteiger partial charge in [-0.3, -0.25) is 9.69 Å². The molecule has 0 unspecified atom stereocenters. The third-order valence-corrected chi connectivity index (χ3v) is 4.81. The van der Waals surface area contributed by atoms with Crippen LogP contribution in [0.1, 0.15) is 19.5 Å². The number of β-amino-alcohol motifs (C(OH)–C–C–N with tert-alkyl or cyclic N) is 1. The molecule has 24 heavy (non-hydrogen) atoms. The fraction of sp³-hybridized carbons (Fsp3) is 0.529. The van der Waals surface area contributed by atoms with Crippen molar-refractivity contribution in [3.8, 4) is 10.8 Å². The zero-order chi connectivity index (χ0) is 17.2. The molecule has 3 rings (SSSR count). The smallest absolute Gasteiger partial charge is 0.236 e. The maximum Gasteiger partial charge on any atom is 0.236 e. The van der Waals surface area contributed by atoms with Crippen molar-refractivity contribution >= 4 is 17.2 Å². The molecule has 0 saturated carbocycles. The van der Waals surface area contributed by atoms with Gasteiger partial charge in [-0.05, 0) is 25.3 Å². The van der Waals surface area contributed by atoms with E-state index in [9.17, 15) is 9.90 Å². The monoisotopic (exact) mass is 349 g/mol. The Balaban J connectivity index is 1.51. The van der Waals surface area contributed by atoms with Crippen LogP contribution in [0.25, 0.3) is 10.8 Å². The molecule has 0 radical (unpaired) electrons. The van der Waals surface area contributed by atoms with E-state index < -0.39 is 5.60 Å². The van der Waals surface area contributed by atoms with Crippen molar-refractivity contribution in [2.75, 3.05) is 32.7 Å². The summed E-state index contributed by atoms with van der Waals surface area (Å²) >= 11 is 1.56. The van der Waals surface area contributed by atoms with Crippen LogP contribution in [0, 0.1) is 0 Å². The average molecular weight is 349 g/mol. The molecule has 2 aromatic heterocycles. The van der Waals surface area contributed by atoms with E-state index in [4.69, 9.17) is 4.42 Å². The lowest BCUT2D eigenvalue weighted by atomic mass is 10.1. The third kappa shape index (κ3) is 4.43. The standard InChI is InChI=1S/C17H23N3O3S/c1-17(2,22)12-19-5-7-20(8-6-19)15(21)10-13-11-23-16(18-13)14-4-3-9-24-14/h3-4,9,11,22H,5-8,10,12H2,1-2H3. The van der Waals surface area contributed by atoms with Crippen molar-refractivity contribution in [2.24, 2.45) is 0 Å². The molecule has 130 valence electrons. The van der Waals surface area contributed by atoms with Crippen molar-refractivity contribution in [1.82, 2.24) is 14.8 Å². The molecule has 1 N–H and O–H groups in total. The first-order chi connectivity index (χ1) is 11.4. The van der Waals surface area contributed by atoms with Crippen LogP contribution in [0.15, 0.2) is 28.2 Å². The topological polar surface area (TPSA) is 69.8 Å². The van der Waals surface area contributed by atoms with E-state index in [1.165, 1.54) is 0 Å². The van der Waals surface area contributed by atoms with Gasteiger partial charge in [0.1, 0.15) is 6.26 Å². The van der Waals surface area contributed by atoms with Gasteiger partial charge >= 0.3 is 0 Å². The van der Waals surface area contributed by atoms with Gasteiger partial charge in [-0.1, -0.05) is 6.07 Å². The molecule has 6 nitrogen and oxygen atoms in total. The highest BCUT2D eigenvalue weighted by Gasteiger charge is 2.25. The van der Waals surface area contributed by atoms with E-state index in [1.54, 1.807) is 31.4 Å². The number of aromatic nitrogens is 1. The van der Waals surface area contributed by atoms with Crippen LogP contribution in [-0.2, 0) is 11.2 Å². The highest BCUT2D eigenvalue weighted by atomic mass is 32.1. The van der Waals surface area contributed by atoms with Gasteiger partial charge in [-0.2, -0.15) is 0 Å². The minimum atomic E-state index is -0.703. The molecule has 1 aliphatic rings. The summed E-state index contributed by atoms with van der Waals surface area (Å²) in [6.45, 7) is 7.18. The molecular formula is C17H23N3O3S. The fourth-order valence-electron chi connectivity index (χ4n) is 2.87. The zero-order valence-corrected chi connectivity index (χ0v) is 14.9. The van der Waals surface area contributed by atoms with E-state index in [-0.39, 0.29) is 12.3 Å². The predicted octanol–water partition coefficient (Wildman–Crippen LogP) is 1.86. The van der Waals surface area contributed by atoms with Gasteiger partial charge in [0.15, 0.2) is 0 Å². The lowest BCUT2D eigenvalue weighted by Gasteiger charge is -2.37. The molecule has 0 aromatic carbocycles. The van der Waals surface area contributed by atoms with E-state index in [2.05, 4.69) is 9.88 Å². The van der Waals surface area contributed by atoms with Gasteiger partial charge in [0.05, 0.1) is 22.6 Å². The summed E-state index contributed by atoms with van der Waals surface area (Å²) in [6, 6.07) is 3.89. The number of piperazine rings is 1. The summed E-state index contributed by atoms with van der Waals surface area (Å²) in [4.78, 5) is 21.9. The second kappa shape index (κ2) is 7.04. The van der Waals surface area contributed by atoms with Gasteiger partial charge in [-0.15, -0.1) is 11.3 Å². The Morgan fingerprint density at radius 3 is 2.75 bits per heavy atom. The van der Waals surface area contributed by atoms with Crippen LogP contribution in [0.2, 0.25) is 0 Å². The lowest BCUT2D eigenvalue weighted by molar-refractivity contribution is -0.132. The summed E-state index contributed by atoms with van der Waals surface area (Å²) in [5, 5.41) is 11.9. The van der Waals surface area contributed by atoms with Crippen LogP contribution in [0.3, 0.4) is 0 Å². The van der Waals surface area contributed by atoms with Crippen LogP contribution < -0.4 is 0 Å². The minimum absolute atomic E-state index is 0.0731. The zero-order valence-electron chi connectivity index (χ0n) is 14.1. The SMILES string of the molecule is CC(C)(O)CN1CCN(C(=O)Cc2coc(-c3cccs3)n2)CC1. The molecule has 0 aliphatic carbocycles. The number of carbonyl (C=O) groups excluding carboxylic acids is 1. The Labute approximate surface area is 145 Å². The second-order valence-electron chi connectivity index (χ2n) is 6.77. The number of aliphatic hydroxyl groups is 1. The van der Waals surface area contributed by atoms with Crippen molar-refractivity contribution in [3.63, 3.8) is 0 Å². The molecule has 3 heterocycles. The summed E-state index contributed by atoms with van der Waals surface area (Å²) in [5.41, 5.74) is -0.0345. The molecule has 7 heteroatoms. The molecule has 1 saturated heterocycles. The van der Waals surface area contributed by atoms with Crippen LogP contribution in [0.4, 0.5) is 0 Å². The Kier molecular flexibility index (Phi) is 5.03. The van der Waals surface area contributed by atoms with Gasteiger partial charge in [0.25, 0.3) is 0 Å². The highest BCUT2D eigenvalue weighted by Crippen LogP contribution is 2.23. The van der Waals surface area contributed by atoms with Crippen LogP contribution >= 0.6 is 11.3 Å². The maximum absolute atomic E-state index is 12.4. The number of nitrogens with zero attached hydrogens (tertiary/aromatic N) is 3. The molecule has 2 aromatic rings. The van der Waals surface area contributed by atoms with Gasteiger partial charge in [-0.25, -0.2) is 4.98 Å². The largest absolute Gasteiger partial charge is 0.444 e. The summed E-state index contributed by atoms with van der Waals surface area (Å²) in [6.07, 6.45) is 1.83. The van der Waals surface area contributed by atoms with Crippen molar-refractivity contribution in [2.45, 2.75) is 25.9 Å². The molecule has 1 aliphatic heterocycles. The van der Waals surface area contributed by atoms with Crippen molar-refractivity contribution in [1.29, 1.82) is 0 Å².